The predicted molar refractivity (Wildman–Crippen MR) is 338 cm³/mol. The van der Waals surface area contributed by atoms with Crippen molar-refractivity contribution in [2.75, 3.05) is 13.2 Å². The van der Waals surface area contributed by atoms with E-state index in [4.69, 9.17) is 14.2 Å². The monoisotopic (exact) mass is 1140 g/mol. The summed E-state index contributed by atoms with van der Waals surface area (Å²) >= 11 is 0. The molecule has 1 fully saturated rings. The van der Waals surface area contributed by atoms with Crippen LogP contribution in [-0.4, -0.2) is 99.6 Å². The molecule has 0 aromatic heterocycles. The molecule has 1 saturated heterocycles. The normalized spacial score (nSPS) is 19.2. The number of hydrogen-bond acceptors (Lipinski definition) is 10. The van der Waals surface area contributed by atoms with E-state index in [2.05, 4.69) is 92.9 Å². The number of hydrogen-bond donors (Lipinski definition) is 6. The minimum atomic E-state index is -1.64. The zero-order valence-electron chi connectivity index (χ0n) is 51.9. The van der Waals surface area contributed by atoms with Gasteiger partial charge < -0.3 is 45.1 Å². The largest absolute Gasteiger partial charge is 0.454 e. The van der Waals surface area contributed by atoms with Crippen LogP contribution in [0.2, 0.25) is 0 Å². The molecule has 0 aliphatic carbocycles. The number of aliphatic hydroxyl groups excluding tert-OH is 5. The van der Waals surface area contributed by atoms with Gasteiger partial charge in [0.1, 0.15) is 24.4 Å². The number of ether oxygens (including phenoxy) is 3. The molecule has 8 atom stereocenters. The molecule has 11 nitrogen and oxygen atoms in total. The van der Waals surface area contributed by atoms with Gasteiger partial charge in [0.25, 0.3) is 0 Å². The Morgan fingerprint density at radius 2 is 0.852 bits per heavy atom. The lowest BCUT2D eigenvalue weighted by atomic mass is 9.99. The van der Waals surface area contributed by atoms with Gasteiger partial charge in [-0.25, -0.2) is 0 Å². The molecule has 11 heteroatoms. The molecular weight excluding hydrogens is 1010 g/mol. The van der Waals surface area contributed by atoms with Crippen LogP contribution in [0.5, 0.6) is 0 Å². The number of rotatable bonds is 56. The van der Waals surface area contributed by atoms with Crippen molar-refractivity contribution < 1.29 is 49.3 Å². The van der Waals surface area contributed by atoms with Crippen molar-refractivity contribution >= 4 is 11.9 Å². The van der Waals surface area contributed by atoms with Crippen LogP contribution in [-0.2, 0) is 23.8 Å². The Morgan fingerprint density at radius 1 is 0.481 bits per heavy atom. The maximum Gasteiger partial charge on any atom is 0.306 e. The summed E-state index contributed by atoms with van der Waals surface area (Å²) in [6.07, 6.45) is 64.8. The molecule has 0 aromatic rings. The molecule has 1 aliphatic heterocycles. The van der Waals surface area contributed by atoms with Gasteiger partial charge in [-0.1, -0.05) is 266 Å². The van der Waals surface area contributed by atoms with Crippen LogP contribution in [0, 0.1) is 0 Å². The van der Waals surface area contributed by atoms with Gasteiger partial charge in [-0.15, -0.1) is 0 Å². The number of carbonyl (C=O) groups is 2. The Balaban J connectivity index is 2.67. The van der Waals surface area contributed by atoms with E-state index in [0.29, 0.717) is 19.3 Å². The summed E-state index contributed by atoms with van der Waals surface area (Å²) in [6.45, 7) is 5.72. The number of allylic oxidation sites excluding steroid dienone is 13. The van der Waals surface area contributed by atoms with E-state index < -0.39 is 67.4 Å². The molecule has 1 amide bonds. The third-order valence-corrected chi connectivity index (χ3v) is 15.3. The third-order valence-electron chi connectivity index (χ3n) is 15.3. The molecule has 1 aliphatic rings. The molecule has 1 rings (SSSR count). The smallest absolute Gasteiger partial charge is 0.306 e. The Kier molecular flexibility index (Phi) is 53.6. The number of carbonyl (C=O) groups excluding carboxylic acids is 2. The molecule has 0 bridgehead atoms. The first-order chi connectivity index (χ1) is 39.7. The molecular formula is C70H123NO10. The maximum absolute atomic E-state index is 13.5. The van der Waals surface area contributed by atoms with Crippen molar-refractivity contribution in [2.24, 2.45) is 0 Å². The average Bonchev–Trinajstić information content (AvgIpc) is 3.46. The highest BCUT2D eigenvalue weighted by molar-refractivity contribution is 5.80. The van der Waals surface area contributed by atoms with Crippen LogP contribution >= 0.6 is 0 Å². The lowest BCUT2D eigenvalue weighted by Gasteiger charge is -2.41. The van der Waals surface area contributed by atoms with Gasteiger partial charge in [-0.3, -0.25) is 9.59 Å². The second-order valence-corrected chi connectivity index (χ2v) is 22.8. The molecule has 0 saturated carbocycles. The van der Waals surface area contributed by atoms with Gasteiger partial charge in [-0.2, -0.15) is 0 Å². The van der Waals surface area contributed by atoms with Crippen molar-refractivity contribution in [1.29, 1.82) is 0 Å². The van der Waals surface area contributed by atoms with Crippen molar-refractivity contribution in [3.63, 3.8) is 0 Å². The minimum absolute atomic E-state index is 0.0453. The third kappa shape index (κ3) is 45.0. The van der Waals surface area contributed by atoms with E-state index in [1.807, 2.05) is 12.2 Å². The van der Waals surface area contributed by atoms with E-state index in [-0.39, 0.29) is 19.4 Å². The Bertz CT molecular complexity index is 1640. The standard InChI is InChI=1S/C70H123NO10/c1-4-7-10-13-16-19-22-25-27-29-30-31-32-33-35-36-39-42-45-48-51-54-57-63(74)69(78)71-61(62(73)56-53-50-47-44-41-38-24-21-18-15-12-9-6-3)60-79-70-68(67(77)66(76)64(59-72)80-70)81-65(75)58-55-52-49-46-43-40-37-34-28-26-23-20-17-14-11-8-5-2/h16-17,19-20,25-28,37,40,46,49,53,56,61-64,66-68,70,72-74,76-77H,4-15,18,21-24,29-36,38-39,41-45,47-48,50-52,54-55,57-60H2,1-3H3,(H,71,78)/b19-16-,20-17-,27-25-,28-26-,40-37-,49-46-,56-53+. The van der Waals surface area contributed by atoms with Crippen LogP contribution < -0.4 is 5.32 Å². The fourth-order valence-corrected chi connectivity index (χ4v) is 9.97. The van der Waals surface area contributed by atoms with Gasteiger partial charge in [0.2, 0.25) is 5.91 Å². The Hall–Kier alpha value is -3.16. The zero-order chi connectivity index (χ0) is 58.9. The second-order valence-electron chi connectivity index (χ2n) is 22.8. The fraction of sp³-hybridized carbons (Fsp3) is 0.771. The van der Waals surface area contributed by atoms with Crippen molar-refractivity contribution in [3.8, 4) is 0 Å². The van der Waals surface area contributed by atoms with Crippen LogP contribution in [0.15, 0.2) is 85.1 Å². The van der Waals surface area contributed by atoms with Crippen molar-refractivity contribution in [1.82, 2.24) is 5.32 Å². The maximum atomic E-state index is 13.5. The molecule has 0 aromatic carbocycles. The fourth-order valence-electron chi connectivity index (χ4n) is 9.97. The summed E-state index contributed by atoms with van der Waals surface area (Å²) in [6, 6.07) is -1.04. The molecule has 0 radical (unpaired) electrons. The molecule has 81 heavy (non-hydrogen) atoms. The second kappa shape index (κ2) is 57.3. The lowest BCUT2D eigenvalue weighted by molar-refractivity contribution is -0.305. The number of nitrogens with one attached hydrogen (secondary N) is 1. The molecule has 1 heterocycles. The summed E-state index contributed by atoms with van der Waals surface area (Å²) in [5.41, 5.74) is 0. The molecule has 8 unspecified atom stereocenters. The van der Waals surface area contributed by atoms with Gasteiger partial charge in [-0.05, 0) is 96.3 Å². The van der Waals surface area contributed by atoms with E-state index >= 15 is 0 Å². The van der Waals surface area contributed by atoms with E-state index in [9.17, 15) is 35.1 Å². The van der Waals surface area contributed by atoms with E-state index in [1.165, 1.54) is 161 Å². The number of aliphatic hydroxyl groups is 5. The quantitative estimate of drug-likeness (QED) is 0.0195. The summed E-state index contributed by atoms with van der Waals surface area (Å²) in [4.78, 5) is 26.6. The molecule has 6 N–H and O–H groups in total. The minimum Gasteiger partial charge on any atom is -0.454 e. The summed E-state index contributed by atoms with van der Waals surface area (Å²) in [7, 11) is 0. The number of esters is 1. The zero-order valence-corrected chi connectivity index (χ0v) is 51.9. The Morgan fingerprint density at radius 3 is 1.30 bits per heavy atom. The van der Waals surface area contributed by atoms with E-state index in [0.717, 1.165) is 70.6 Å². The van der Waals surface area contributed by atoms with Gasteiger partial charge in [0.05, 0.1) is 25.4 Å². The van der Waals surface area contributed by atoms with Gasteiger partial charge in [0.15, 0.2) is 12.4 Å². The molecule has 0 spiro atoms. The first-order valence-electron chi connectivity index (χ1n) is 33.4. The highest BCUT2D eigenvalue weighted by Gasteiger charge is 2.47. The average molecular weight is 1140 g/mol. The summed E-state index contributed by atoms with van der Waals surface area (Å²) in [5.74, 6) is -1.25. The first kappa shape index (κ1) is 75.9. The lowest BCUT2D eigenvalue weighted by Crippen LogP contribution is -2.61. The SMILES string of the molecule is CCCCC/C=C\C/C=C\C/C=C\C/C=C\CCCC(=O)OC1C(OCC(NC(=O)C(O)CCCCCCCCCCCCCC/C=C\C/C=C\CCCCC)C(O)/C=C/CCCCCCCCCCCCC)OC(CO)C(O)C1O. The van der Waals surface area contributed by atoms with Crippen LogP contribution in [0.3, 0.4) is 0 Å². The van der Waals surface area contributed by atoms with E-state index in [1.54, 1.807) is 6.08 Å². The first-order valence-corrected chi connectivity index (χ1v) is 33.4. The van der Waals surface area contributed by atoms with Crippen LogP contribution in [0.25, 0.3) is 0 Å². The highest BCUT2D eigenvalue weighted by Crippen LogP contribution is 2.26. The van der Waals surface area contributed by atoms with Gasteiger partial charge >= 0.3 is 5.97 Å². The van der Waals surface area contributed by atoms with Crippen molar-refractivity contribution in [3.05, 3.63) is 85.1 Å². The highest BCUT2D eigenvalue weighted by atomic mass is 16.7. The number of unbranched alkanes of at least 4 members (excludes halogenated alkanes) is 30. The van der Waals surface area contributed by atoms with Gasteiger partial charge in [0, 0.05) is 6.42 Å². The predicted octanol–water partition coefficient (Wildman–Crippen LogP) is 16.5. The number of amides is 1. The topological polar surface area (TPSA) is 175 Å². The van der Waals surface area contributed by atoms with Crippen LogP contribution in [0.4, 0.5) is 0 Å². The Labute approximate surface area is 495 Å². The molecule has 468 valence electrons. The van der Waals surface area contributed by atoms with Crippen LogP contribution in [0.1, 0.15) is 284 Å². The van der Waals surface area contributed by atoms with Crippen molar-refractivity contribution in [2.45, 2.75) is 333 Å². The summed E-state index contributed by atoms with van der Waals surface area (Å²) < 4.78 is 17.6. The summed E-state index contributed by atoms with van der Waals surface area (Å²) in [5, 5.41) is 57.1.